The second-order valence-electron chi connectivity index (χ2n) is 4.76. The Morgan fingerprint density at radius 3 is 2.85 bits per heavy atom. The molecule has 106 valence electrons. The molecule has 1 aromatic heterocycles. The number of hydrogen-bond acceptors (Lipinski definition) is 4. The van der Waals surface area contributed by atoms with Gasteiger partial charge in [0, 0.05) is 6.54 Å². The number of aryl methyl sites for hydroxylation is 2. The molecule has 0 saturated carbocycles. The molecule has 6 heteroatoms. The normalized spacial score (nSPS) is 13.3. The number of anilines is 1. The minimum atomic E-state index is 0.594. The van der Waals surface area contributed by atoms with E-state index in [0.717, 1.165) is 38.6 Å². The van der Waals surface area contributed by atoms with Crippen LogP contribution in [-0.4, -0.2) is 23.4 Å². The van der Waals surface area contributed by atoms with E-state index in [9.17, 15) is 0 Å². The predicted octanol–water partition coefficient (Wildman–Crippen LogP) is 3.17. The molecule has 2 N–H and O–H groups in total. The molecule has 0 aliphatic carbocycles. The second kappa shape index (κ2) is 5.36. The molecule has 2 aromatic rings. The fourth-order valence-electron chi connectivity index (χ4n) is 2.27. The van der Waals surface area contributed by atoms with Gasteiger partial charge >= 0.3 is 0 Å². The van der Waals surface area contributed by atoms with Gasteiger partial charge in [-0.3, -0.25) is 5.10 Å². The lowest BCUT2D eigenvalue weighted by atomic mass is 10.2. The highest BCUT2D eigenvalue weighted by atomic mass is 79.9. The average molecular weight is 338 g/mol. The van der Waals surface area contributed by atoms with Gasteiger partial charge in [0.1, 0.15) is 13.2 Å². The third-order valence-electron chi connectivity index (χ3n) is 3.25. The van der Waals surface area contributed by atoms with Gasteiger partial charge in [0.2, 0.25) is 0 Å². The Morgan fingerprint density at radius 2 is 2.10 bits per heavy atom. The van der Waals surface area contributed by atoms with Crippen LogP contribution >= 0.6 is 15.9 Å². The van der Waals surface area contributed by atoms with E-state index in [1.54, 1.807) is 0 Å². The van der Waals surface area contributed by atoms with Gasteiger partial charge < -0.3 is 14.8 Å². The molecule has 5 nitrogen and oxygen atoms in total. The summed E-state index contributed by atoms with van der Waals surface area (Å²) < 4.78 is 12.1. The number of aromatic amines is 1. The van der Waals surface area contributed by atoms with E-state index >= 15 is 0 Å². The molecule has 0 unspecified atom stereocenters. The minimum absolute atomic E-state index is 0.594. The first-order valence-corrected chi connectivity index (χ1v) is 7.28. The number of benzene rings is 1. The van der Waals surface area contributed by atoms with E-state index in [4.69, 9.17) is 9.47 Å². The Balaban J connectivity index is 1.80. The average Bonchev–Trinajstić information content (AvgIpc) is 2.76. The van der Waals surface area contributed by atoms with E-state index in [-0.39, 0.29) is 0 Å². The van der Waals surface area contributed by atoms with Crippen LogP contribution in [0.1, 0.15) is 17.0 Å². The SMILES string of the molecule is Cc1n[nH]c(C)c1NCc1cc(Br)c2c(c1)OCCO2. The Morgan fingerprint density at radius 1 is 1.30 bits per heavy atom. The van der Waals surface area contributed by atoms with Crippen molar-refractivity contribution in [2.24, 2.45) is 0 Å². The smallest absolute Gasteiger partial charge is 0.175 e. The van der Waals surface area contributed by atoms with Crippen LogP contribution in [-0.2, 0) is 6.54 Å². The number of nitrogens with zero attached hydrogens (tertiary/aromatic N) is 1. The van der Waals surface area contributed by atoms with E-state index < -0.39 is 0 Å². The van der Waals surface area contributed by atoms with Crippen molar-refractivity contribution in [3.05, 3.63) is 33.6 Å². The highest BCUT2D eigenvalue weighted by Crippen LogP contribution is 2.38. The summed E-state index contributed by atoms with van der Waals surface area (Å²) in [5.41, 5.74) is 4.19. The molecule has 3 rings (SSSR count). The van der Waals surface area contributed by atoms with Crippen LogP contribution in [0.5, 0.6) is 11.5 Å². The van der Waals surface area contributed by atoms with Gasteiger partial charge in [-0.2, -0.15) is 5.10 Å². The molecule has 1 aliphatic rings. The maximum Gasteiger partial charge on any atom is 0.175 e. The highest BCUT2D eigenvalue weighted by Gasteiger charge is 2.16. The summed E-state index contributed by atoms with van der Waals surface area (Å²) in [7, 11) is 0. The summed E-state index contributed by atoms with van der Waals surface area (Å²) >= 11 is 3.53. The first-order valence-electron chi connectivity index (χ1n) is 6.48. The molecule has 20 heavy (non-hydrogen) atoms. The minimum Gasteiger partial charge on any atom is -0.486 e. The van der Waals surface area contributed by atoms with E-state index in [1.165, 1.54) is 0 Å². The first-order chi connectivity index (χ1) is 9.65. The van der Waals surface area contributed by atoms with Gasteiger partial charge in [-0.25, -0.2) is 0 Å². The third-order valence-corrected chi connectivity index (χ3v) is 3.84. The predicted molar refractivity (Wildman–Crippen MR) is 80.5 cm³/mol. The lowest BCUT2D eigenvalue weighted by Gasteiger charge is -2.20. The van der Waals surface area contributed by atoms with Gasteiger partial charge in [0.25, 0.3) is 0 Å². The Kier molecular flexibility index (Phi) is 3.56. The molecule has 0 bridgehead atoms. The molecule has 1 aliphatic heterocycles. The van der Waals surface area contributed by atoms with Crippen LogP contribution in [0.15, 0.2) is 16.6 Å². The van der Waals surface area contributed by atoms with Gasteiger partial charge in [-0.15, -0.1) is 0 Å². The number of ether oxygens (including phenoxy) is 2. The molecule has 0 amide bonds. The van der Waals surface area contributed by atoms with Crippen LogP contribution in [0, 0.1) is 13.8 Å². The number of H-pyrrole nitrogens is 1. The summed E-state index contributed by atoms with van der Waals surface area (Å²) in [6.45, 7) is 5.87. The number of aromatic nitrogens is 2. The molecule has 0 saturated heterocycles. The number of halogens is 1. The lowest BCUT2D eigenvalue weighted by molar-refractivity contribution is 0.170. The zero-order chi connectivity index (χ0) is 14.1. The second-order valence-corrected chi connectivity index (χ2v) is 5.62. The summed E-state index contributed by atoms with van der Waals surface area (Å²) in [4.78, 5) is 0. The van der Waals surface area contributed by atoms with E-state index in [1.807, 2.05) is 26.0 Å². The van der Waals surface area contributed by atoms with Gasteiger partial charge in [0.05, 0.1) is 21.5 Å². The monoisotopic (exact) mass is 337 g/mol. The first kappa shape index (κ1) is 13.3. The van der Waals surface area contributed by atoms with Crippen molar-refractivity contribution in [3.63, 3.8) is 0 Å². The van der Waals surface area contributed by atoms with Crippen LogP contribution in [0.3, 0.4) is 0 Å². The summed E-state index contributed by atoms with van der Waals surface area (Å²) in [6, 6.07) is 4.06. The van der Waals surface area contributed by atoms with Gasteiger partial charge in [-0.1, -0.05) is 0 Å². The molecule has 0 atom stereocenters. The van der Waals surface area contributed by atoms with Crippen molar-refractivity contribution < 1.29 is 9.47 Å². The van der Waals surface area contributed by atoms with E-state index in [2.05, 4.69) is 31.4 Å². The quantitative estimate of drug-likeness (QED) is 0.903. The van der Waals surface area contributed by atoms with Crippen LogP contribution in [0.2, 0.25) is 0 Å². The van der Waals surface area contributed by atoms with Crippen molar-refractivity contribution in [3.8, 4) is 11.5 Å². The number of fused-ring (bicyclic) bond motifs is 1. The van der Waals surface area contributed by atoms with Crippen molar-refractivity contribution in [1.82, 2.24) is 10.2 Å². The summed E-state index contributed by atoms with van der Waals surface area (Å²) in [5, 5.41) is 10.5. The fourth-order valence-corrected chi connectivity index (χ4v) is 2.87. The zero-order valence-electron chi connectivity index (χ0n) is 11.4. The molecular formula is C14H16BrN3O2. The van der Waals surface area contributed by atoms with Crippen molar-refractivity contribution in [2.45, 2.75) is 20.4 Å². The van der Waals surface area contributed by atoms with Crippen LogP contribution in [0.4, 0.5) is 5.69 Å². The molecule has 0 fully saturated rings. The van der Waals surface area contributed by atoms with Gasteiger partial charge in [-0.05, 0) is 47.5 Å². The van der Waals surface area contributed by atoms with Crippen molar-refractivity contribution in [1.29, 1.82) is 0 Å². The Labute approximate surface area is 125 Å². The Bertz CT molecular complexity index is 620. The molecule has 2 heterocycles. The Hall–Kier alpha value is -1.69. The molecule has 1 aromatic carbocycles. The number of nitrogens with one attached hydrogen (secondary N) is 2. The van der Waals surface area contributed by atoms with Gasteiger partial charge in [0.15, 0.2) is 11.5 Å². The van der Waals surface area contributed by atoms with Crippen molar-refractivity contribution in [2.75, 3.05) is 18.5 Å². The fraction of sp³-hybridized carbons (Fsp3) is 0.357. The number of hydrogen-bond donors (Lipinski definition) is 2. The molecular weight excluding hydrogens is 322 g/mol. The maximum absolute atomic E-state index is 5.63. The molecule has 0 spiro atoms. The highest BCUT2D eigenvalue weighted by molar-refractivity contribution is 9.10. The van der Waals surface area contributed by atoms with Crippen molar-refractivity contribution >= 4 is 21.6 Å². The van der Waals surface area contributed by atoms with Crippen LogP contribution < -0.4 is 14.8 Å². The van der Waals surface area contributed by atoms with Crippen LogP contribution in [0.25, 0.3) is 0 Å². The summed E-state index contributed by atoms with van der Waals surface area (Å²) in [5.74, 6) is 1.58. The molecule has 0 radical (unpaired) electrons. The zero-order valence-corrected chi connectivity index (χ0v) is 13.0. The maximum atomic E-state index is 5.63. The lowest BCUT2D eigenvalue weighted by Crippen LogP contribution is -2.16. The number of rotatable bonds is 3. The third kappa shape index (κ3) is 2.47. The largest absolute Gasteiger partial charge is 0.486 e. The topological polar surface area (TPSA) is 59.2 Å². The standard InChI is InChI=1S/C14H16BrN3O2/c1-8-13(9(2)18-17-8)16-7-10-5-11(15)14-12(6-10)19-3-4-20-14/h5-6,16H,3-4,7H2,1-2H3,(H,17,18). The summed E-state index contributed by atoms with van der Waals surface area (Å²) in [6.07, 6.45) is 0. The van der Waals surface area contributed by atoms with E-state index in [0.29, 0.717) is 19.8 Å².